The Morgan fingerprint density at radius 2 is 1.17 bits per heavy atom. The van der Waals surface area contributed by atoms with E-state index < -0.39 is 195 Å². The van der Waals surface area contributed by atoms with Crippen molar-refractivity contribution in [2.24, 2.45) is 28.7 Å². The molecule has 6 aromatic rings. The Bertz CT molecular complexity index is 5090. The van der Waals surface area contributed by atoms with Gasteiger partial charge >= 0.3 is 0 Å². The van der Waals surface area contributed by atoms with E-state index in [1.165, 1.54) is 61.0 Å². The number of benzene rings is 4. The standard InChI is InChI=1S/C90H128N22O19S2/c1-49-20-19-23-61-58(46-99-72(49)61)30-33-64-78(121)102-62(24-13-17-37-97-51(3)114)79(122)111-75(89(8,9)133-132-88(6,7)74(101-53(5)116)85(128)108-69(45-71(94)118)82(125)110-73(50(2)113)84(127)103-64)86(129)107-66(41-54-27-31-60(32-28-54)131-39-36-92)80(123)105-67(42-55-26-29-56-21-11-12-22-57(56)40-55)83(126)112-90(10,34-15-16-35-91)87(130)109-63(25-14-18-38-98-52(4)115)77(120)106-68(44-70(93)117)81(124)104-65(76(95)119)43-59-47-96-48-100-59/h11-12,19-23,26-29,31-32,40,46-48,50,62-69,73-75,99,113H,13-18,24-25,30,33-39,41-45,91-92H2,1-10H3,(H2,93,117)(H2,94,118)(H2,95,119)(H,96,100)(H,97,114)(H,98,115)(H,101,116)(H,102,121)(H,103,127)(H,104,124)(H,105,123)(H,106,120)(H,107,129)(H,108,128)(H,109,130)(H,110,125)(H,111,122)(H,112,126)/t50-,62+,63+,64+,65+,66+,67+,68+,69+,73+,74-,75-,90+/m1/s1. The van der Waals surface area contributed by atoms with Crippen LogP contribution in [0.1, 0.15) is 167 Å². The van der Waals surface area contributed by atoms with E-state index in [2.05, 4.69) is 89.4 Å². The van der Waals surface area contributed by atoms with Crippen LogP contribution in [-0.2, 0) is 107 Å². The van der Waals surface area contributed by atoms with Gasteiger partial charge in [0.1, 0.15) is 84.4 Å². The molecule has 27 N–H and O–H groups in total. The molecular weight excluding hydrogens is 1760 g/mol. The quantitative estimate of drug-likeness (QED) is 0.0159. The van der Waals surface area contributed by atoms with Crippen molar-refractivity contribution in [1.29, 1.82) is 0 Å². The molecule has 0 bridgehead atoms. The highest BCUT2D eigenvalue weighted by Gasteiger charge is 2.47. The predicted octanol–water partition coefficient (Wildman–Crippen LogP) is -1.11. The molecule has 0 unspecified atom stereocenters. The first-order valence-corrected chi connectivity index (χ1v) is 46.2. The van der Waals surface area contributed by atoms with Crippen LogP contribution in [0.25, 0.3) is 21.7 Å². The van der Waals surface area contributed by atoms with Crippen molar-refractivity contribution in [3.63, 3.8) is 0 Å². The van der Waals surface area contributed by atoms with Crippen LogP contribution in [0.2, 0.25) is 0 Å². The molecule has 1 aliphatic rings. The second-order valence-corrected chi connectivity index (χ2v) is 37.8. The molecule has 41 nitrogen and oxygen atoms in total. The largest absolute Gasteiger partial charge is 0.492 e. The number of amides is 17. The minimum Gasteiger partial charge on any atom is -0.492 e. The van der Waals surface area contributed by atoms with Crippen molar-refractivity contribution in [2.45, 2.75) is 260 Å². The summed E-state index contributed by atoms with van der Waals surface area (Å²) in [4.78, 5) is 254. The van der Waals surface area contributed by atoms with Gasteiger partial charge in [0.2, 0.25) is 100 Å². The number of hydrogen-bond donors (Lipinski definition) is 22. The van der Waals surface area contributed by atoms with Gasteiger partial charge in [-0.2, -0.15) is 0 Å². The average Bonchev–Trinajstić information content (AvgIpc) is 1.63. The van der Waals surface area contributed by atoms with E-state index in [1.54, 1.807) is 54.7 Å². The summed E-state index contributed by atoms with van der Waals surface area (Å²) in [5, 5.41) is 51.1. The number of aliphatic hydroxyl groups excluding tert-OH is 1. The van der Waals surface area contributed by atoms with E-state index >= 15 is 28.8 Å². The lowest BCUT2D eigenvalue weighted by atomic mass is 9.91. The van der Waals surface area contributed by atoms with Gasteiger partial charge in [-0.25, -0.2) is 4.98 Å². The number of aromatic nitrogens is 3. The molecule has 2 aromatic heterocycles. The van der Waals surface area contributed by atoms with E-state index in [0.717, 1.165) is 57.3 Å². The number of H-pyrrole nitrogens is 2. The van der Waals surface area contributed by atoms with Crippen molar-refractivity contribution in [1.82, 2.24) is 89.4 Å². The van der Waals surface area contributed by atoms with E-state index in [-0.39, 0.29) is 122 Å². The molecule has 0 saturated carbocycles. The van der Waals surface area contributed by atoms with Crippen LogP contribution in [0.15, 0.2) is 104 Å². The Kier molecular flexibility index (Phi) is 41.4. The number of fused-ring (bicyclic) bond motifs is 2. The van der Waals surface area contributed by atoms with Crippen LogP contribution in [0.5, 0.6) is 5.75 Å². The van der Waals surface area contributed by atoms with Crippen molar-refractivity contribution >= 4 is 144 Å². The van der Waals surface area contributed by atoms with Crippen molar-refractivity contribution in [3.05, 3.63) is 132 Å². The van der Waals surface area contributed by atoms with E-state index in [4.69, 9.17) is 33.4 Å². The monoisotopic (exact) mass is 1880 g/mol. The number of aliphatic hydroxyl groups is 1. The summed E-state index contributed by atoms with van der Waals surface area (Å²) in [6, 6.07) is 5.78. The summed E-state index contributed by atoms with van der Waals surface area (Å²) in [6.45, 7) is 14.9. The molecule has 133 heavy (non-hydrogen) atoms. The summed E-state index contributed by atoms with van der Waals surface area (Å²) >= 11 is 0. The molecule has 43 heteroatoms. The molecular formula is C90H128N22O19S2. The Morgan fingerprint density at radius 1 is 0.571 bits per heavy atom. The number of nitrogens with two attached hydrogens (primary N) is 5. The van der Waals surface area contributed by atoms with Crippen molar-refractivity contribution < 1.29 is 91.4 Å². The Hall–Kier alpha value is -12.7. The molecule has 724 valence electrons. The molecule has 0 radical (unpaired) electrons. The fourth-order valence-corrected chi connectivity index (χ4v) is 17.7. The number of aromatic amines is 2. The van der Waals surface area contributed by atoms with Crippen LogP contribution >= 0.6 is 21.6 Å². The number of nitrogens with one attached hydrogen (secondary N) is 16. The van der Waals surface area contributed by atoms with Crippen LogP contribution in [0, 0.1) is 6.92 Å². The summed E-state index contributed by atoms with van der Waals surface area (Å²) in [6.07, 6.45) is 0.586. The lowest BCUT2D eigenvalue weighted by molar-refractivity contribution is -0.138. The van der Waals surface area contributed by atoms with Crippen molar-refractivity contribution in [2.75, 3.05) is 32.8 Å². The number of carbonyl (C=O) groups is 17. The fourth-order valence-electron chi connectivity index (χ4n) is 14.9. The smallest absolute Gasteiger partial charge is 0.246 e. The lowest BCUT2D eigenvalue weighted by Gasteiger charge is -2.39. The highest BCUT2D eigenvalue weighted by Crippen LogP contribution is 2.47. The second-order valence-electron chi connectivity index (χ2n) is 34.4. The maximum atomic E-state index is 16.4. The average molecular weight is 1890 g/mol. The van der Waals surface area contributed by atoms with Gasteiger partial charge in [0, 0.05) is 98.2 Å². The maximum Gasteiger partial charge on any atom is 0.246 e. The minimum atomic E-state index is -2.04. The third kappa shape index (κ3) is 33.8. The molecule has 17 amide bonds. The van der Waals surface area contributed by atoms with Crippen LogP contribution in [0.4, 0.5) is 0 Å². The SMILES string of the molecule is CC(=O)NCCCC[C@@H]1NC(=O)[C@H](CCc2c[nH]c3c(C)cccc23)NC(=O)[C@H]([C@@H](C)O)NC(=O)[C@H](CC(N)=O)NC(=O)[C@@H](NC(C)=O)C(C)(C)SSC(C)(C)[C@@H](C(=O)N[C@@H](Cc2ccc(OCCN)cc2)C(=O)N[C@@H](Cc2ccc3ccccc3c2)C(=O)N[C@@](C)(CCCCN)C(=O)N[C@@H](CCCCNC(C)=O)C(=O)N[C@@H](CC(N)=O)C(=O)N[C@@H](Cc2cnc[nH]2)C(N)=O)NC1=O. The lowest BCUT2D eigenvalue weighted by Crippen LogP contribution is -2.65. The Labute approximate surface area is 778 Å². The number of ether oxygens (including phenoxy) is 1. The second kappa shape index (κ2) is 51.3. The highest BCUT2D eigenvalue weighted by molar-refractivity contribution is 8.77. The molecule has 1 aliphatic heterocycles. The van der Waals surface area contributed by atoms with Crippen LogP contribution < -0.4 is 108 Å². The van der Waals surface area contributed by atoms with E-state index in [1.807, 2.05) is 43.3 Å². The Morgan fingerprint density at radius 3 is 1.80 bits per heavy atom. The zero-order valence-corrected chi connectivity index (χ0v) is 78.2. The molecule has 1 saturated heterocycles. The number of imidazole rings is 1. The fraction of sp³-hybridized carbons (Fsp3) is 0.511. The summed E-state index contributed by atoms with van der Waals surface area (Å²) in [5.74, 6) is -15.8. The third-order valence-electron chi connectivity index (χ3n) is 22.3. The zero-order chi connectivity index (χ0) is 98.0. The van der Waals surface area contributed by atoms with Crippen LogP contribution in [-0.4, -0.2) is 241 Å². The summed E-state index contributed by atoms with van der Waals surface area (Å²) in [5.41, 5.74) is 30.4. The number of para-hydroxylation sites is 1. The zero-order valence-electron chi connectivity index (χ0n) is 76.5. The summed E-state index contributed by atoms with van der Waals surface area (Å²) in [7, 11) is 1.81. The molecule has 4 aromatic carbocycles. The predicted molar refractivity (Wildman–Crippen MR) is 499 cm³/mol. The highest BCUT2D eigenvalue weighted by atomic mass is 33.1. The number of nitrogens with zero attached hydrogens (tertiary/aromatic N) is 1. The van der Waals surface area contributed by atoms with Crippen molar-refractivity contribution in [3.8, 4) is 5.75 Å². The molecule has 1 fully saturated rings. The van der Waals surface area contributed by atoms with Gasteiger partial charge in [-0.3, -0.25) is 81.5 Å². The van der Waals surface area contributed by atoms with Gasteiger partial charge in [-0.05, 0) is 171 Å². The van der Waals surface area contributed by atoms with Crippen LogP contribution in [0.3, 0.4) is 0 Å². The van der Waals surface area contributed by atoms with Gasteiger partial charge in [0.05, 0.1) is 25.3 Å². The summed E-state index contributed by atoms with van der Waals surface area (Å²) < 4.78 is 2.58. The number of primary amides is 3. The number of aryl methyl sites for hydroxylation is 2. The number of carbonyl (C=O) groups excluding carboxylic acids is 17. The molecule has 0 spiro atoms. The van der Waals surface area contributed by atoms with Gasteiger partial charge in [0.25, 0.3) is 0 Å². The number of rotatable bonds is 45. The third-order valence-corrected chi connectivity index (χ3v) is 26.5. The first-order chi connectivity index (χ1) is 62.9. The maximum absolute atomic E-state index is 16.4. The number of hydrogen-bond acceptors (Lipinski definition) is 24. The Balaban J connectivity index is 1.36. The topological polar surface area (TPSA) is 663 Å². The normalized spacial score (nSPS) is 19.1. The first kappa shape index (κ1) is 107. The van der Waals surface area contributed by atoms with Gasteiger partial charge < -0.3 is 123 Å². The number of unbranched alkanes of at least 4 members (excludes halogenated alkanes) is 3. The van der Waals surface area contributed by atoms with E-state index in [9.17, 15) is 57.8 Å². The van der Waals surface area contributed by atoms with Gasteiger partial charge in [-0.1, -0.05) is 94.4 Å². The molecule has 7 rings (SSSR count). The minimum absolute atomic E-state index is 0.0756. The van der Waals surface area contributed by atoms with Gasteiger partial charge in [-0.15, -0.1) is 0 Å². The molecule has 0 aliphatic carbocycles. The molecule has 3 heterocycles. The molecule has 13 atom stereocenters. The van der Waals surface area contributed by atoms with E-state index in [0.29, 0.717) is 39.9 Å². The van der Waals surface area contributed by atoms with Gasteiger partial charge in [0.15, 0.2) is 0 Å². The first-order valence-electron chi connectivity index (χ1n) is 44.1.